The normalized spacial score (nSPS) is 13.0. The second-order valence-corrected chi connectivity index (χ2v) is 8.05. The number of aliphatic hydroxyl groups is 1. The average molecular weight is 354 g/mol. The van der Waals surface area contributed by atoms with Gasteiger partial charge in [0.05, 0.1) is 0 Å². The molecule has 0 bridgehead atoms. The molecule has 0 aliphatic carbocycles. The molecule has 0 saturated heterocycles. The fraction of sp³-hybridized carbons (Fsp3) is 0.273. The molecule has 0 aliphatic heterocycles. The average Bonchev–Trinajstić information content (AvgIpc) is 2.58. The number of fused-ring (bicyclic) bond motifs is 1. The van der Waals surface area contributed by atoms with Crippen LogP contribution in [0.15, 0.2) is 60.7 Å². The number of halogens is 1. The highest BCUT2D eigenvalue weighted by Crippen LogP contribution is 2.34. The minimum absolute atomic E-state index is 0.140. The van der Waals surface area contributed by atoms with Gasteiger partial charge in [-0.3, -0.25) is 0 Å². The highest BCUT2D eigenvalue weighted by atomic mass is 35.5. The quantitative estimate of drug-likeness (QED) is 0.599. The second kappa shape index (κ2) is 7.07. The first-order chi connectivity index (χ1) is 11.8. The zero-order valence-corrected chi connectivity index (χ0v) is 15.6. The molecule has 3 heteroatoms. The Kier molecular flexibility index (Phi) is 5.03. The zero-order valence-electron chi connectivity index (χ0n) is 14.9. The smallest absolute Gasteiger partial charge is 0.107 e. The lowest BCUT2D eigenvalue weighted by molar-refractivity contribution is 0.222. The molecular formula is C22H24ClNO. The van der Waals surface area contributed by atoms with Crippen LogP contribution in [0.2, 0.25) is 5.02 Å². The molecule has 0 fully saturated rings. The molecule has 1 unspecified atom stereocenters. The van der Waals surface area contributed by atoms with E-state index in [0.29, 0.717) is 5.02 Å². The van der Waals surface area contributed by atoms with Gasteiger partial charge < -0.3 is 10.4 Å². The minimum Gasteiger partial charge on any atom is -0.384 e. The molecule has 3 rings (SSSR count). The lowest BCUT2D eigenvalue weighted by atomic mass is 9.93. The van der Waals surface area contributed by atoms with E-state index in [1.807, 2.05) is 48.5 Å². The Hall–Kier alpha value is -2.03. The molecule has 2 nitrogen and oxygen atoms in total. The molecule has 0 radical (unpaired) electrons. The van der Waals surface area contributed by atoms with Gasteiger partial charge in [0.1, 0.15) is 6.10 Å². The Balaban J connectivity index is 2.03. The van der Waals surface area contributed by atoms with E-state index in [2.05, 4.69) is 38.2 Å². The van der Waals surface area contributed by atoms with Crippen LogP contribution in [0, 0.1) is 5.41 Å². The van der Waals surface area contributed by atoms with Gasteiger partial charge in [-0.1, -0.05) is 74.8 Å². The Morgan fingerprint density at radius 3 is 2.44 bits per heavy atom. The van der Waals surface area contributed by atoms with Crippen molar-refractivity contribution in [2.24, 2.45) is 5.41 Å². The maximum Gasteiger partial charge on any atom is 0.107 e. The Bertz CT molecular complexity index is 877. The first-order valence-corrected chi connectivity index (χ1v) is 8.92. The van der Waals surface area contributed by atoms with Crippen molar-refractivity contribution in [3.8, 4) is 0 Å². The summed E-state index contributed by atoms with van der Waals surface area (Å²) in [6.07, 6.45) is -0.743. The Morgan fingerprint density at radius 1 is 0.960 bits per heavy atom. The second-order valence-electron chi connectivity index (χ2n) is 7.62. The van der Waals surface area contributed by atoms with E-state index in [1.54, 1.807) is 0 Å². The van der Waals surface area contributed by atoms with Gasteiger partial charge in [0.25, 0.3) is 0 Å². The maximum atomic E-state index is 11.1. The maximum absolute atomic E-state index is 11.1. The number of benzene rings is 3. The van der Waals surface area contributed by atoms with Gasteiger partial charge in [-0.25, -0.2) is 0 Å². The third-order valence-corrected chi connectivity index (χ3v) is 4.47. The molecule has 25 heavy (non-hydrogen) atoms. The lowest BCUT2D eigenvalue weighted by Crippen LogP contribution is -2.20. The number of anilines is 1. The largest absolute Gasteiger partial charge is 0.384 e. The monoisotopic (exact) mass is 353 g/mol. The van der Waals surface area contributed by atoms with Gasteiger partial charge in [-0.15, -0.1) is 0 Å². The molecule has 0 amide bonds. The Morgan fingerprint density at radius 2 is 1.68 bits per heavy atom. The number of hydrogen-bond donors (Lipinski definition) is 2. The van der Waals surface area contributed by atoms with Gasteiger partial charge >= 0.3 is 0 Å². The van der Waals surface area contributed by atoms with Crippen molar-refractivity contribution in [3.63, 3.8) is 0 Å². The summed E-state index contributed by atoms with van der Waals surface area (Å²) < 4.78 is 0. The van der Waals surface area contributed by atoms with Gasteiger partial charge in [-0.2, -0.15) is 0 Å². The van der Waals surface area contributed by atoms with Crippen molar-refractivity contribution >= 4 is 28.1 Å². The van der Waals surface area contributed by atoms with Crippen LogP contribution in [0.4, 0.5) is 5.69 Å². The van der Waals surface area contributed by atoms with Crippen LogP contribution < -0.4 is 5.32 Å². The van der Waals surface area contributed by atoms with Crippen LogP contribution >= 0.6 is 11.6 Å². The van der Waals surface area contributed by atoms with Crippen molar-refractivity contribution in [3.05, 3.63) is 76.8 Å². The fourth-order valence-electron chi connectivity index (χ4n) is 2.94. The highest BCUT2D eigenvalue weighted by molar-refractivity contribution is 6.30. The summed E-state index contributed by atoms with van der Waals surface area (Å²) in [6.45, 7) is 7.34. The molecule has 0 saturated carbocycles. The van der Waals surface area contributed by atoms with Crippen LogP contribution in [0.3, 0.4) is 0 Å². The van der Waals surface area contributed by atoms with E-state index < -0.39 is 6.10 Å². The summed E-state index contributed by atoms with van der Waals surface area (Å²) in [4.78, 5) is 0. The predicted octanol–water partition coefficient (Wildman–Crippen LogP) is 6.03. The van der Waals surface area contributed by atoms with E-state index in [1.165, 1.54) is 0 Å². The van der Waals surface area contributed by atoms with E-state index >= 15 is 0 Å². The molecule has 0 heterocycles. The third-order valence-electron chi connectivity index (χ3n) is 4.24. The van der Waals surface area contributed by atoms with E-state index in [0.717, 1.165) is 34.1 Å². The highest BCUT2D eigenvalue weighted by Gasteiger charge is 2.19. The summed E-state index contributed by atoms with van der Waals surface area (Å²) in [7, 11) is 0. The topological polar surface area (TPSA) is 32.3 Å². The molecule has 3 aromatic rings. The fourth-order valence-corrected chi connectivity index (χ4v) is 3.12. The molecule has 0 aromatic heterocycles. The predicted molar refractivity (Wildman–Crippen MR) is 107 cm³/mol. The summed E-state index contributed by atoms with van der Waals surface area (Å²) >= 11 is 6.22. The van der Waals surface area contributed by atoms with Crippen molar-refractivity contribution in [1.29, 1.82) is 0 Å². The summed E-state index contributed by atoms with van der Waals surface area (Å²) in [5, 5.41) is 17.4. The molecule has 2 N–H and O–H groups in total. The number of hydrogen-bond acceptors (Lipinski definition) is 2. The molecular weight excluding hydrogens is 330 g/mol. The Labute approximate surface area is 154 Å². The van der Waals surface area contributed by atoms with Crippen molar-refractivity contribution < 1.29 is 5.11 Å². The standard InChI is InChI=1S/C22H24ClNO/c1-22(2,3)14-24-20-12-11-16(23)13-19(20)21(25)18-10-6-8-15-7-4-5-9-17(15)18/h4-13,21,24-25H,14H2,1-3H3. The number of aliphatic hydroxyl groups excluding tert-OH is 1. The van der Waals surface area contributed by atoms with E-state index in [4.69, 9.17) is 11.6 Å². The van der Waals surface area contributed by atoms with Gasteiger partial charge in [0.15, 0.2) is 0 Å². The van der Waals surface area contributed by atoms with Crippen LogP contribution in [0.25, 0.3) is 10.8 Å². The lowest BCUT2D eigenvalue weighted by Gasteiger charge is -2.23. The first-order valence-electron chi connectivity index (χ1n) is 8.54. The third kappa shape index (κ3) is 4.15. The SMILES string of the molecule is CC(C)(C)CNc1ccc(Cl)cc1C(O)c1cccc2ccccc12. The van der Waals surface area contributed by atoms with E-state index in [9.17, 15) is 5.11 Å². The molecule has 3 aromatic carbocycles. The molecule has 1 atom stereocenters. The van der Waals surface area contributed by atoms with Gasteiger partial charge in [0, 0.05) is 22.8 Å². The summed E-state index contributed by atoms with van der Waals surface area (Å²) in [6, 6.07) is 19.8. The molecule has 130 valence electrons. The first kappa shape index (κ1) is 17.8. The van der Waals surface area contributed by atoms with Crippen LogP contribution in [0.1, 0.15) is 38.0 Å². The number of nitrogens with one attached hydrogen (secondary N) is 1. The minimum atomic E-state index is -0.743. The summed E-state index contributed by atoms with van der Waals surface area (Å²) in [5.41, 5.74) is 2.74. The van der Waals surface area contributed by atoms with Crippen molar-refractivity contribution in [2.75, 3.05) is 11.9 Å². The van der Waals surface area contributed by atoms with Crippen molar-refractivity contribution in [1.82, 2.24) is 0 Å². The van der Waals surface area contributed by atoms with Crippen LogP contribution in [0.5, 0.6) is 0 Å². The molecule has 0 aliphatic rings. The summed E-state index contributed by atoms with van der Waals surface area (Å²) in [5.74, 6) is 0. The molecule has 0 spiro atoms. The van der Waals surface area contributed by atoms with Crippen LogP contribution in [-0.4, -0.2) is 11.7 Å². The van der Waals surface area contributed by atoms with Crippen LogP contribution in [-0.2, 0) is 0 Å². The zero-order chi connectivity index (χ0) is 18.0. The van der Waals surface area contributed by atoms with Gasteiger partial charge in [-0.05, 0) is 39.9 Å². The van der Waals surface area contributed by atoms with Crippen molar-refractivity contribution in [2.45, 2.75) is 26.9 Å². The van der Waals surface area contributed by atoms with Gasteiger partial charge in [0.2, 0.25) is 0 Å². The van der Waals surface area contributed by atoms with E-state index in [-0.39, 0.29) is 5.41 Å². The number of rotatable bonds is 4.